The maximum atomic E-state index is 13.2. The van der Waals surface area contributed by atoms with Gasteiger partial charge in [0.2, 0.25) is 9.84 Å². The average Bonchev–Trinajstić information content (AvgIpc) is 3.03. The van der Waals surface area contributed by atoms with E-state index in [1.54, 1.807) is 12.3 Å². The Kier molecular flexibility index (Phi) is 5.27. The minimum atomic E-state index is -4.93. The fourth-order valence-corrected chi connectivity index (χ4v) is 3.53. The zero-order valence-corrected chi connectivity index (χ0v) is 15.0. The molecule has 28 heavy (non-hydrogen) atoms. The van der Waals surface area contributed by atoms with Crippen LogP contribution in [0.4, 0.5) is 24.5 Å². The first-order valence-corrected chi connectivity index (χ1v) is 9.54. The summed E-state index contributed by atoms with van der Waals surface area (Å²) in [6.07, 6.45) is 2.12. The number of H-pyrrole nitrogens is 1. The molecule has 0 saturated carbocycles. The van der Waals surface area contributed by atoms with Crippen molar-refractivity contribution in [3.8, 4) is 0 Å². The van der Waals surface area contributed by atoms with Crippen molar-refractivity contribution in [3.63, 3.8) is 0 Å². The number of sulfone groups is 1. The van der Waals surface area contributed by atoms with Gasteiger partial charge in [-0.25, -0.2) is 12.8 Å². The quantitative estimate of drug-likeness (QED) is 0.452. The molecule has 0 aliphatic heterocycles. The Labute approximate surface area is 157 Å². The van der Waals surface area contributed by atoms with Crippen molar-refractivity contribution in [1.82, 2.24) is 4.98 Å². The molecule has 0 saturated heterocycles. The predicted octanol–water partition coefficient (Wildman–Crippen LogP) is 3.87. The smallest absolute Gasteiger partial charge is 0.341 e. The van der Waals surface area contributed by atoms with Gasteiger partial charge in [0.15, 0.2) is 0 Å². The van der Waals surface area contributed by atoms with Crippen LogP contribution in [0.3, 0.4) is 0 Å². The molecule has 0 atom stereocenters. The second kappa shape index (κ2) is 7.50. The van der Waals surface area contributed by atoms with Crippen molar-refractivity contribution in [2.45, 2.75) is 17.1 Å². The van der Waals surface area contributed by atoms with Crippen LogP contribution in [0.25, 0.3) is 10.9 Å². The summed E-state index contributed by atoms with van der Waals surface area (Å²) in [4.78, 5) is 12.5. The molecule has 0 fully saturated rings. The molecule has 0 unspecified atom stereocenters. The van der Waals surface area contributed by atoms with Crippen LogP contribution in [0.1, 0.15) is 5.56 Å². The molecule has 0 spiro atoms. The summed E-state index contributed by atoms with van der Waals surface area (Å²) in [5.41, 5.74) is 0.844. The van der Waals surface area contributed by atoms with Crippen LogP contribution < -0.4 is 5.32 Å². The highest BCUT2D eigenvalue weighted by Crippen LogP contribution is 2.30. The van der Waals surface area contributed by atoms with Gasteiger partial charge in [-0.05, 0) is 42.3 Å². The highest BCUT2D eigenvalue weighted by Gasteiger charge is 2.29. The van der Waals surface area contributed by atoms with Gasteiger partial charge in [-0.2, -0.15) is 8.78 Å². The molecule has 11 heteroatoms. The SMILES string of the molecule is O=[N+]([O-])c1cc(S(=O)(=O)C(F)F)ccc1NCCc1c[nH]c2cc(F)ccc12. The van der Waals surface area contributed by atoms with Crippen molar-refractivity contribution < 1.29 is 26.5 Å². The van der Waals surface area contributed by atoms with E-state index >= 15 is 0 Å². The number of fused-ring (bicyclic) bond motifs is 1. The molecule has 1 aromatic heterocycles. The zero-order valence-electron chi connectivity index (χ0n) is 14.2. The second-order valence-electron chi connectivity index (χ2n) is 5.92. The maximum absolute atomic E-state index is 13.2. The van der Waals surface area contributed by atoms with Gasteiger partial charge < -0.3 is 10.3 Å². The Balaban J connectivity index is 1.79. The van der Waals surface area contributed by atoms with Crippen molar-refractivity contribution in [1.29, 1.82) is 0 Å². The maximum Gasteiger partial charge on any atom is 0.341 e. The van der Waals surface area contributed by atoms with E-state index in [0.717, 1.165) is 23.1 Å². The molecule has 7 nitrogen and oxygen atoms in total. The standard InChI is InChI=1S/C17H14F3N3O4S/c18-11-1-3-13-10(9-22-15(13)7-11)5-6-21-14-4-2-12(8-16(14)23(24)25)28(26,27)17(19)20/h1-4,7-9,17,21-22H,5-6H2. The van der Waals surface area contributed by atoms with Crippen LogP contribution in [0.15, 0.2) is 47.5 Å². The Bertz CT molecular complexity index is 1150. The number of nitro benzene ring substituents is 1. The third-order valence-electron chi connectivity index (χ3n) is 4.17. The number of anilines is 1. The van der Waals surface area contributed by atoms with Crippen molar-refractivity contribution >= 4 is 32.1 Å². The Morgan fingerprint density at radius 2 is 1.93 bits per heavy atom. The van der Waals surface area contributed by atoms with Gasteiger partial charge in [-0.15, -0.1) is 0 Å². The second-order valence-corrected chi connectivity index (χ2v) is 7.84. The number of aromatic nitrogens is 1. The van der Waals surface area contributed by atoms with Crippen LogP contribution in [-0.4, -0.2) is 30.6 Å². The van der Waals surface area contributed by atoms with Gasteiger partial charge in [0, 0.05) is 29.7 Å². The molecular formula is C17H14F3N3O4S. The molecule has 148 valence electrons. The number of aromatic amines is 1. The van der Waals surface area contributed by atoms with E-state index in [1.807, 2.05) is 0 Å². The van der Waals surface area contributed by atoms with Gasteiger partial charge in [-0.1, -0.05) is 0 Å². The topological polar surface area (TPSA) is 105 Å². The molecule has 0 radical (unpaired) electrons. The van der Waals surface area contributed by atoms with E-state index in [4.69, 9.17) is 0 Å². The molecule has 2 N–H and O–H groups in total. The molecule has 3 rings (SSSR count). The molecule has 0 amide bonds. The first-order valence-electron chi connectivity index (χ1n) is 8.00. The molecule has 0 aliphatic rings. The Morgan fingerprint density at radius 3 is 2.61 bits per heavy atom. The monoisotopic (exact) mass is 413 g/mol. The lowest BCUT2D eigenvalue weighted by Crippen LogP contribution is -2.12. The molecule has 1 heterocycles. The Morgan fingerprint density at radius 1 is 1.18 bits per heavy atom. The summed E-state index contributed by atoms with van der Waals surface area (Å²) >= 11 is 0. The number of nitro groups is 1. The van der Waals surface area contributed by atoms with E-state index < -0.39 is 31.1 Å². The Hall–Kier alpha value is -3.08. The summed E-state index contributed by atoms with van der Waals surface area (Å²) in [5, 5.41) is 14.8. The van der Waals surface area contributed by atoms with Crippen LogP contribution in [-0.2, 0) is 16.3 Å². The first-order chi connectivity index (χ1) is 13.2. The van der Waals surface area contributed by atoms with E-state index in [-0.39, 0.29) is 18.0 Å². The lowest BCUT2D eigenvalue weighted by Gasteiger charge is -2.09. The third-order valence-corrected chi connectivity index (χ3v) is 5.55. The number of alkyl halides is 2. The van der Waals surface area contributed by atoms with Crippen molar-refractivity contribution in [3.05, 3.63) is 64.1 Å². The minimum absolute atomic E-state index is 0.00380. The molecule has 0 aliphatic carbocycles. The van der Waals surface area contributed by atoms with Crippen molar-refractivity contribution in [2.24, 2.45) is 0 Å². The number of benzene rings is 2. The first kappa shape index (κ1) is 19.7. The number of rotatable bonds is 7. The molecular weight excluding hydrogens is 399 g/mol. The fraction of sp³-hybridized carbons (Fsp3) is 0.176. The lowest BCUT2D eigenvalue weighted by atomic mass is 10.1. The average molecular weight is 413 g/mol. The summed E-state index contributed by atoms with van der Waals surface area (Å²) in [7, 11) is -4.93. The van der Waals surface area contributed by atoms with Gasteiger partial charge >= 0.3 is 5.76 Å². The molecule has 3 aromatic rings. The van der Waals surface area contributed by atoms with Gasteiger partial charge in [0.25, 0.3) is 5.69 Å². The van der Waals surface area contributed by atoms with Crippen molar-refractivity contribution in [2.75, 3.05) is 11.9 Å². The molecule has 0 bridgehead atoms. The number of nitrogens with zero attached hydrogens (tertiary/aromatic N) is 1. The van der Waals surface area contributed by atoms with Crippen LogP contribution in [0, 0.1) is 15.9 Å². The summed E-state index contributed by atoms with van der Waals surface area (Å²) < 4.78 is 61.5. The fourth-order valence-electron chi connectivity index (χ4n) is 2.79. The largest absolute Gasteiger partial charge is 0.379 e. The minimum Gasteiger partial charge on any atom is -0.379 e. The van der Waals surface area contributed by atoms with E-state index in [2.05, 4.69) is 10.3 Å². The van der Waals surface area contributed by atoms with Crippen LogP contribution in [0.5, 0.6) is 0 Å². The van der Waals surface area contributed by atoms with Gasteiger partial charge in [0.1, 0.15) is 11.5 Å². The number of hydrogen-bond donors (Lipinski definition) is 2. The lowest BCUT2D eigenvalue weighted by molar-refractivity contribution is -0.384. The van der Waals surface area contributed by atoms with E-state index in [1.165, 1.54) is 12.1 Å². The number of halogens is 3. The molecule has 2 aromatic carbocycles. The number of nitrogens with one attached hydrogen (secondary N) is 2. The third kappa shape index (κ3) is 3.79. The van der Waals surface area contributed by atoms with E-state index in [0.29, 0.717) is 18.0 Å². The highest BCUT2D eigenvalue weighted by atomic mass is 32.2. The van der Waals surface area contributed by atoms with E-state index in [9.17, 15) is 31.7 Å². The summed E-state index contributed by atoms with van der Waals surface area (Å²) in [5.74, 6) is -4.05. The van der Waals surface area contributed by atoms with Gasteiger partial charge in [0.05, 0.1) is 9.82 Å². The summed E-state index contributed by atoms with van der Waals surface area (Å²) in [6.45, 7) is 0.242. The van der Waals surface area contributed by atoms with Crippen LogP contribution in [0.2, 0.25) is 0 Å². The number of hydrogen-bond acceptors (Lipinski definition) is 5. The highest BCUT2D eigenvalue weighted by molar-refractivity contribution is 7.91. The normalized spacial score (nSPS) is 11.9. The zero-order chi connectivity index (χ0) is 20.5. The summed E-state index contributed by atoms with van der Waals surface area (Å²) in [6, 6.07) is 6.87. The van der Waals surface area contributed by atoms with Gasteiger partial charge in [-0.3, -0.25) is 10.1 Å². The predicted molar refractivity (Wildman–Crippen MR) is 96.7 cm³/mol. The van der Waals surface area contributed by atoms with Crippen LogP contribution >= 0.6 is 0 Å².